The summed E-state index contributed by atoms with van der Waals surface area (Å²) in [7, 11) is 0. The lowest BCUT2D eigenvalue weighted by atomic mass is 9.83. The van der Waals surface area contributed by atoms with Crippen LogP contribution >= 0.6 is 0 Å². The Bertz CT molecular complexity index is 1510. The summed E-state index contributed by atoms with van der Waals surface area (Å²) in [4.78, 5) is 12.8. The number of esters is 1. The van der Waals surface area contributed by atoms with Gasteiger partial charge in [-0.25, -0.2) is 0 Å². The van der Waals surface area contributed by atoms with Crippen LogP contribution in [-0.2, 0) is 11.2 Å². The first kappa shape index (κ1) is 23.0. The van der Waals surface area contributed by atoms with Crippen molar-refractivity contribution in [2.24, 2.45) is 5.73 Å². The van der Waals surface area contributed by atoms with Gasteiger partial charge in [0.25, 0.3) is 0 Å². The summed E-state index contributed by atoms with van der Waals surface area (Å²) in [6, 6.07) is 28.7. The number of fused-ring (bicyclic) bond motifs is 2. The molecule has 0 fully saturated rings. The lowest BCUT2D eigenvalue weighted by Gasteiger charge is -2.26. The molecule has 0 aliphatic carbocycles. The van der Waals surface area contributed by atoms with Crippen LogP contribution in [0.15, 0.2) is 96.4 Å². The van der Waals surface area contributed by atoms with Crippen LogP contribution in [0.5, 0.6) is 17.2 Å². The fraction of sp³-hybridized carbons (Fsp3) is 0.133. The average molecular weight is 477 g/mol. The predicted molar refractivity (Wildman–Crippen MR) is 137 cm³/mol. The van der Waals surface area contributed by atoms with E-state index in [1.54, 1.807) is 18.2 Å². The molecule has 0 aromatic heterocycles. The second-order valence-electron chi connectivity index (χ2n) is 8.42. The number of nitrogens with zero attached hydrogens (tertiary/aromatic N) is 1. The van der Waals surface area contributed by atoms with Crippen molar-refractivity contribution >= 4 is 16.7 Å². The smallest absolute Gasteiger partial charge is 0.315 e. The van der Waals surface area contributed by atoms with E-state index in [1.165, 1.54) is 0 Å². The van der Waals surface area contributed by atoms with Crippen LogP contribution in [0.1, 0.15) is 29.5 Å². The third-order valence-corrected chi connectivity index (χ3v) is 6.16. The van der Waals surface area contributed by atoms with Crippen molar-refractivity contribution in [3.8, 4) is 23.3 Å². The molecule has 4 aromatic rings. The van der Waals surface area contributed by atoms with Crippen molar-refractivity contribution in [3.05, 3.63) is 113 Å². The van der Waals surface area contributed by atoms with Gasteiger partial charge in [-0.2, -0.15) is 5.26 Å². The Morgan fingerprint density at radius 1 is 1.00 bits per heavy atom. The number of hydrogen-bond donors (Lipinski definition) is 1. The standard InChI is InChI=1S/C30H24N2O4/c1-2-34-22-12-10-20(11-13-22)29-25-15-14-23(17-27(25)36-30(32)26(29)18-31)35-28(33)16-21-8-5-7-19-6-3-4-9-24(19)21/h3-15,17,29H,2,16,32H2,1H3. The number of nitrogens with two attached hydrogens (primary N) is 1. The maximum atomic E-state index is 12.8. The van der Waals surface area contributed by atoms with Gasteiger partial charge in [-0.3, -0.25) is 4.79 Å². The SMILES string of the molecule is CCOc1ccc(C2C(C#N)=C(N)Oc3cc(OC(=O)Cc4cccc5ccccc45)ccc32)cc1. The topological polar surface area (TPSA) is 94.6 Å². The van der Waals surface area contributed by atoms with E-state index in [-0.39, 0.29) is 18.3 Å². The molecule has 0 amide bonds. The molecule has 0 saturated carbocycles. The Morgan fingerprint density at radius 3 is 2.53 bits per heavy atom. The number of hydrogen-bond acceptors (Lipinski definition) is 6. The Morgan fingerprint density at radius 2 is 1.75 bits per heavy atom. The fourth-order valence-electron chi connectivity index (χ4n) is 4.53. The van der Waals surface area contributed by atoms with Crippen molar-refractivity contribution in [3.63, 3.8) is 0 Å². The van der Waals surface area contributed by atoms with E-state index < -0.39 is 5.92 Å². The van der Waals surface area contributed by atoms with Gasteiger partial charge in [-0.1, -0.05) is 60.7 Å². The summed E-state index contributed by atoms with van der Waals surface area (Å²) >= 11 is 0. The van der Waals surface area contributed by atoms with E-state index >= 15 is 0 Å². The Hall–Kier alpha value is -4.76. The van der Waals surface area contributed by atoms with Crippen molar-refractivity contribution in [2.45, 2.75) is 19.3 Å². The molecule has 1 heterocycles. The van der Waals surface area contributed by atoms with Crippen molar-refractivity contribution in [1.82, 2.24) is 0 Å². The molecule has 178 valence electrons. The third kappa shape index (κ3) is 4.47. The first-order valence-corrected chi connectivity index (χ1v) is 11.7. The molecule has 5 rings (SSSR count). The van der Waals surface area contributed by atoms with Gasteiger partial charge in [-0.15, -0.1) is 0 Å². The fourth-order valence-corrected chi connectivity index (χ4v) is 4.53. The normalized spacial score (nSPS) is 14.5. The van der Waals surface area contributed by atoms with Crippen LogP contribution in [0.25, 0.3) is 10.8 Å². The first-order valence-electron chi connectivity index (χ1n) is 11.7. The summed E-state index contributed by atoms with van der Waals surface area (Å²) < 4.78 is 17.0. The monoisotopic (exact) mass is 476 g/mol. The summed E-state index contributed by atoms with van der Waals surface area (Å²) in [6.45, 7) is 2.49. The van der Waals surface area contributed by atoms with Crippen molar-refractivity contribution in [1.29, 1.82) is 5.26 Å². The van der Waals surface area contributed by atoms with Gasteiger partial charge in [0.05, 0.1) is 18.9 Å². The maximum absolute atomic E-state index is 12.8. The predicted octanol–water partition coefficient (Wildman–Crippen LogP) is 5.60. The van der Waals surface area contributed by atoms with Crippen molar-refractivity contribution in [2.75, 3.05) is 6.61 Å². The van der Waals surface area contributed by atoms with Gasteiger partial charge in [-0.05, 0) is 47.0 Å². The van der Waals surface area contributed by atoms with Crippen LogP contribution in [0.4, 0.5) is 0 Å². The Kier molecular flexibility index (Phi) is 6.29. The van der Waals surface area contributed by atoms with Crippen molar-refractivity contribution < 1.29 is 19.0 Å². The molecule has 6 heteroatoms. The Labute approximate surface area is 209 Å². The molecule has 36 heavy (non-hydrogen) atoms. The summed E-state index contributed by atoms with van der Waals surface area (Å²) in [6.07, 6.45) is 0.134. The largest absolute Gasteiger partial charge is 0.494 e. The summed E-state index contributed by atoms with van der Waals surface area (Å²) in [5, 5.41) is 11.9. The second-order valence-corrected chi connectivity index (χ2v) is 8.42. The van der Waals surface area contributed by atoms with Gasteiger partial charge < -0.3 is 19.9 Å². The van der Waals surface area contributed by atoms with Gasteiger partial charge in [0.15, 0.2) is 0 Å². The maximum Gasteiger partial charge on any atom is 0.315 e. The van der Waals surface area contributed by atoms with Crippen LogP contribution in [-0.4, -0.2) is 12.6 Å². The molecule has 6 nitrogen and oxygen atoms in total. The van der Waals surface area contributed by atoms with Gasteiger partial charge in [0.2, 0.25) is 5.88 Å². The minimum absolute atomic E-state index is 0.0307. The van der Waals surface area contributed by atoms with Gasteiger partial charge in [0, 0.05) is 11.6 Å². The zero-order valence-electron chi connectivity index (χ0n) is 19.7. The van der Waals surface area contributed by atoms with E-state index in [2.05, 4.69) is 6.07 Å². The molecular weight excluding hydrogens is 452 g/mol. The van der Waals surface area contributed by atoms with E-state index in [0.717, 1.165) is 33.2 Å². The zero-order chi connectivity index (χ0) is 25.1. The number of carbonyl (C=O) groups is 1. The lowest BCUT2D eigenvalue weighted by molar-refractivity contribution is -0.133. The highest BCUT2D eigenvalue weighted by Gasteiger charge is 2.31. The molecule has 0 spiro atoms. The summed E-state index contributed by atoms with van der Waals surface area (Å²) in [5.41, 5.74) is 8.98. The number of allylic oxidation sites excluding steroid dienone is 1. The molecule has 4 aromatic carbocycles. The number of rotatable bonds is 6. The van der Waals surface area contributed by atoms with E-state index in [0.29, 0.717) is 23.7 Å². The quantitative estimate of drug-likeness (QED) is 0.287. The number of nitriles is 1. The highest BCUT2D eigenvalue weighted by Crippen LogP contribution is 2.43. The molecule has 1 aliphatic heterocycles. The molecule has 1 aliphatic rings. The van der Waals surface area contributed by atoms with E-state index in [1.807, 2.05) is 73.7 Å². The minimum atomic E-state index is -0.408. The van der Waals surface area contributed by atoms with E-state index in [4.69, 9.17) is 19.9 Å². The zero-order valence-corrected chi connectivity index (χ0v) is 19.7. The highest BCUT2D eigenvalue weighted by molar-refractivity contribution is 5.89. The highest BCUT2D eigenvalue weighted by atomic mass is 16.5. The number of ether oxygens (including phenoxy) is 3. The molecule has 2 N–H and O–H groups in total. The van der Waals surface area contributed by atoms with Crippen LogP contribution < -0.4 is 19.9 Å². The number of benzene rings is 4. The molecule has 0 bridgehead atoms. The second kappa shape index (κ2) is 9.85. The van der Waals surface area contributed by atoms with Gasteiger partial charge >= 0.3 is 5.97 Å². The molecule has 1 atom stereocenters. The Balaban J connectivity index is 1.40. The number of carbonyl (C=O) groups excluding carboxylic acids is 1. The molecular formula is C30H24N2O4. The first-order chi connectivity index (χ1) is 17.6. The van der Waals surface area contributed by atoms with Crippen LogP contribution in [0.2, 0.25) is 0 Å². The molecule has 0 radical (unpaired) electrons. The summed E-state index contributed by atoms with van der Waals surface area (Å²) in [5.74, 6) is 0.778. The third-order valence-electron chi connectivity index (χ3n) is 6.16. The minimum Gasteiger partial charge on any atom is -0.494 e. The molecule has 0 saturated heterocycles. The van der Waals surface area contributed by atoms with E-state index in [9.17, 15) is 10.1 Å². The van der Waals surface area contributed by atoms with Crippen LogP contribution in [0.3, 0.4) is 0 Å². The molecule has 1 unspecified atom stereocenters. The van der Waals surface area contributed by atoms with Crippen LogP contribution in [0, 0.1) is 11.3 Å². The lowest BCUT2D eigenvalue weighted by Crippen LogP contribution is -2.21. The van der Waals surface area contributed by atoms with Gasteiger partial charge in [0.1, 0.15) is 28.9 Å². The average Bonchev–Trinajstić information content (AvgIpc) is 2.89.